The van der Waals surface area contributed by atoms with E-state index in [-0.39, 0.29) is 5.92 Å². The van der Waals surface area contributed by atoms with Crippen molar-refractivity contribution in [3.63, 3.8) is 0 Å². The molecular formula is C14H14N4O. The van der Waals surface area contributed by atoms with Gasteiger partial charge in [0.2, 0.25) is 0 Å². The average Bonchev–Trinajstić information content (AvgIpc) is 2.94. The van der Waals surface area contributed by atoms with Crippen LogP contribution < -0.4 is 5.73 Å². The van der Waals surface area contributed by atoms with Crippen LogP contribution in [0, 0.1) is 0 Å². The molecule has 19 heavy (non-hydrogen) atoms. The molecule has 1 atom stereocenters. The molecule has 5 nitrogen and oxygen atoms in total. The minimum atomic E-state index is 0.147. The number of nitrogens with two attached hydrogens (primary N) is 1. The fraction of sp³-hybridized carbons (Fsp3) is 0.214. The van der Waals surface area contributed by atoms with E-state index in [4.69, 9.17) is 10.2 Å². The molecule has 0 bridgehead atoms. The number of benzene rings is 1. The van der Waals surface area contributed by atoms with Crippen LogP contribution in [0.5, 0.6) is 0 Å². The van der Waals surface area contributed by atoms with Crippen LogP contribution in [0.15, 0.2) is 41.3 Å². The minimum absolute atomic E-state index is 0.147. The predicted octanol–water partition coefficient (Wildman–Crippen LogP) is 2.35. The Balaban J connectivity index is 2.05. The number of aromatic nitrogens is 3. The van der Waals surface area contributed by atoms with Crippen molar-refractivity contribution < 1.29 is 4.42 Å². The van der Waals surface area contributed by atoms with E-state index in [0.717, 1.165) is 28.2 Å². The quantitative estimate of drug-likeness (QED) is 0.776. The van der Waals surface area contributed by atoms with E-state index < -0.39 is 0 Å². The van der Waals surface area contributed by atoms with Gasteiger partial charge in [-0.1, -0.05) is 13.0 Å². The van der Waals surface area contributed by atoms with Gasteiger partial charge in [0, 0.05) is 24.2 Å². The van der Waals surface area contributed by atoms with Crippen molar-refractivity contribution in [2.45, 2.75) is 12.8 Å². The van der Waals surface area contributed by atoms with Gasteiger partial charge < -0.3 is 10.2 Å². The fourth-order valence-corrected chi connectivity index (χ4v) is 1.89. The molecule has 2 N–H and O–H groups in total. The summed E-state index contributed by atoms with van der Waals surface area (Å²) in [6, 6.07) is 7.71. The van der Waals surface area contributed by atoms with E-state index in [1.165, 1.54) is 6.39 Å². The first kappa shape index (κ1) is 11.8. The second-order valence-corrected chi connectivity index (χ2v) is 4.47. The van der Waals surface area contributed by atoms with Crippen molar-refractivity contribution in [1.82, 2.24) is 15.0 Å². The Morgan fingerprint density at radius 1 is 1.26 bits per heavy atom. The molecule has 3 aromatic rings. The van der Waals surface area contributed by atoms with E-state index in [0.29, 0.717) is 6.54 Å². The van der Waals surface area contributed by atoms with Crippen molar-refractivity contribution >= 4 is 11.1 Å². The molecule has 0 spiro atoms. The van der Waals surface area contributed by atoms with E-state index >= 15 is 0 Å². The molecule has 1 aromatic carbocycles. The van der Waals surface area contributed by atoms with Crippen molar-refractivity contribution in [2.24, 2.45) is 5.73 Å². The maximum absolute atomic E-state index is 5.65. The second-order valence-electron chi connectivity index (χ2n) is 4.47. The molecule has 0 radical (unpaired) electrons. The molecule has 96 valence electrons. The van der Waals surface area contributed by atoms with Gasteiger partial charge in [0.15, 0.2) is 12.0 Å². The van der Waals surface area contributed by atoms with Crippen LogP contribution in [0.25, 0.3) is 22.4 Å². The maximum atomic E-state index is 5.65. The Bertz CT molecular complexity index is 707. The summed E-state index contributed by atoms with van der Waals surface area (Å²) >= 11 is 0. The van der Waals surface area contributed by atoms with Crippen LogP contribution in [0.3, 0.4) is 0 Å². The Kier molecular flexibility index (Phi) is 2.97. The van der Waals surface area contributed by atoms with E-state index in [1.807, 2.05) is 31.2 Å². The Hall–Kier alpha value is -2.27. The normalized spacial score (nSPS) is 12.7. The number of hydrogen-bond donors (Lipinski definition) is 1. The first-order valence-electron chi connectivity index (χ1n) is 6.14. The summed E-state index contributed by atoms with van der Waals surface area (Å²) in [5, 5.41) is 0. The lowest BCUT2D eigenvalue weighted by Gasteiger charge is -2.08. The Labute approximate surface area is 110 Å². The molecule has 3 rings (SSSR count). The van der Waals surface area contributed by atoms with Crippen LogP contribution in [0.1, 0.15) is 18.7 Å². The summed E-state index contributed by atoms with van der Waals surface area (Å²) in [5.41, 5.74) is 9.09. The van der Waals surface area contributed by atoms with Gasteiger partial charge in [0.05, 0.1) is 5.69 Å². The van der Waals surface area contributed by atoms with Crippen molar-refractivity contribution in [3.05, 3.63) is 42.7 Å². The Morgan fingerprint density at radius 3 is 3.00 bits per heavy atom. The summed E-state index contributed by atoms with van der Waals surface area (Å²) in [6.07, 6.45) is 3.20. The first-order valence-corrected chi connectivity index (χ1v) is 6.14. The summed E-state index contributed by atoms with van der Waals surface area (Å²) < 4.78 is 5.30. The summed E-state index contributed by atoms with van der Waals surface area (Å²) in [4.78, 5) is 12.9. The predicted molar refractivity (Wildman–Crippen MR) is 72.5 cm³/mol. The van der Waals surface area contributed by atoms with Gasteiger partial charge in [-0.15, -0.1) is 0 Å². The monoisotopic (exact) mass is 254 g/mol. The standard InChI is InChI=1S/C14H14N4O/c1-9(7-15)14-16-5-4-11(18-14)10-2-3-12-13(6-10)19-8-17-12/h2-6,8-9H,7,15H2,1H3. The number of oxazole rings is 1. The number of hydrogen-bond acceptors (Lipinski definition) is 5. The SMILES string of the molecule is CC(CN)c1nccc(-c2ccc3ncoc3c2)n1. The fourth-order valence-electron chi connectivity index (χ4n) is 1.89. The van der Waals surface area contributed by atoms with Gasteiger partial charge >= 0.3 is 0 Å². The lowest BCUT2D eigenvalue weighted by atomic mass is 10.1. The largest absolute Gasteiger partial charge is 0.443 e. The average molecular weight is 254 g/mol. The molecule has 0 aliphatic rings. The Morgan fingerprint density at radius 2 is 2.16 bits per heavy atom. The lowest BCUT2D eigenvalue weighted by Crippen LogP contribution is -2.12. The summed E-state index contributed by atoms with van der Waals surface area (Å²) in [7, 11) is 0. The molecule has 2 heterocycles. The molecule has 0 saturated heterocycles. The number of rotatable bonds is 3. The molecule has 0 amide bonds. The van der Waals surface area contributed by atoms with Crippen molar-refractivity contribution in [1.29, 1.82) is 0 Å². The van der Waals surface area contributed by atoms with Crippen LogP contribution in [0.2, 0.25) is 0 Å². The molecule has 0 aliphatic carbocycles. The smallest absolute Gasteiger partial charge is 0.181 e. The zero-order valence-electron chi connectivity index (χ0n) is 10.6. The third kappa shape index (κ3) is 2.20. The van der Waals surface area contributed by atoms with Gasteiger partial charge in [0.1, 0.15) is 11.3 Å². The van der Waals surface area contributed by atoms with Gasteiger partial charge in [-0.05, 0) is 18.2 Å². The molecule has 1 unspecified atom stereocenters. The molecule has 2 aromatic heterocycles. The summed E-state index contributed by atoms with van der Waals surface area (Å²) in [5.74, 6) is 0.909. The van der Waals surface area contributed by atoms with E-state index in [2.05, 4.69) is 15.0 Å². The second kappa shape index (κ2) is 4.78. The van der Waals surface area contributed by atoms with Crippen LogP contribution in [-0.4, -0.2) is 21.5 Å². The highest BCUT2D eigenvalue weighted by molar-refractivity contribution is 5.78. The van der Waals surface area contributed by atoms with Gasteiger partial charge in [-0.3, -0.25) is 0 Å². The molecule has 0 saturated carbocycles. The van der Waals surface area contributed by atoms with Crippen molar-refractivity contribution in [2.75, 3.05) is 6.54 Å². The van der Waals surface area contributed by atoms with Crippen LogP contribution in [-0.2, 0) is 0 Å². The zero-order chi connectivity index (χ0) is 13.2. The molecule has 0 aliphatic heterocycles. The third-order valence-electron chi connectivity index (χ3n) is 3.10. The number of fused-ring (bicyclic) bond motifs is 1. The topological polar surface area (TPSA) is 77.8 Å². The van der Waals surface area contributed by atoms with Crippen LogP contribution >= 0.6 is 0 Å². The third-order valence-corrected chi connectivity index (χ3v) is 3.10. The van der Waals surface area contributed by atoms with E-state index in [9.17, 15) is 0 Å². The first-order chi connectivity index (χ1) is 9.28. The van der Waals surface area contributed by atoms with Gasteiger partial charge in [-0.2, -0.15) is 0 Å². The minimum Gasteiger partial charge on any atom is -0.443 e. The van der Waals surface area contributed by atoms with Crippen molar-refractivity contribution in [3.8, 4) is 11.3 Å². The van der Waals surface area contributed by atoms with E-state index in [1.54, 1.807) is 6.20 Å². The summed E-state index contributed by atoms with van der Waals surface area (Å²) in [6.45, 7) is 2.54. The molecule has 0 fully saturated rings. The van der Waals surface area contributed by atoms with Crippen LogP contribution in [0.4, 0.5) is 0 Å². The highest BCUT2D eigenvalue weighted by Gasteiger charge is 2.09. The maximum Gasteiger partial charge on any atom is 0.181 e. The zero-order valence-corrected chi connectivity index (χ0v) is 10.6. The van der Waals surface area contributed by atoms with Gasteiger partial charge in [-0.25, -0.2) is 15.0 Å². The highest BCUT2D eigenvalue weighted by Crippen LogP contribution is 2.23. The lowest BCUT2D eigenvalue weighted by molar-refractivity contribution is 0.602. The molecular weight excluding hydrogens is 240 g/mol. The molecule has 5 heteroatoms. The number of nitrogens with zero attached hydrogens (tertiary/aromatic N) is 3. The highest BCUT2D eigenvalue weighted by atomic mass is 16.3. The van der Waals surface area contributed by atoms with Gasteiger partial charge in [0.25, 0.3) is 0 Å².